The van der Waals surface area contributed by atoms with Crippen LogP contribution in [0.15, 0.2) is 0 Å². The normalized spacial score (nSPS) is 21.4. The van der Waals surface area contributed by atoms with Gasteiger partial charge in [0, 0.05) is 6.54 Å². The fourth-order valence-corrected chi connectivity index (χ4v) is 1.49. The van der Waals surface area contributed by atoms with Crippen LogP contribution in [0.1, 0.15) is 13.3 Å². The molecule has 0 saturated carbocycles. The summed E-state index contributed by atoms with van der Waals surface area (Å²) >= 11 is 0. The second kappa shape index (κ2) is 6.06. The zero-order valence-electron chi connectivity index (χ0n) is 9.55. The number of hydrogen-bond donors (Lipinski definition) is 2. The first kappa shape index (κ1) is 13.3. The van der Waals surface area contributed by atoms with E-state index in [-0.39, 0.29) is 13.2 Å². The summed E-state index contributed by atoms with van der Waals surface area (Å²) < 4.78 is 5.09. The summed E-state index contributed by atoms with van der Waals surface area (Å²) in [4.78, 5) is 23.9. The first-order valence-electron chi connectivity index (χ1n) is 5.38. The molecule has 0 aliphatic carbocycles. The molecule has 2 atom stereocenters. The standard InChI is InChI=1S/C10H15N3O4/c1-2-8(9(14)15)12-10(16)13-3-4-17-7(5-11)6-13/h7-8H,2-4,6H2,1H3,(H,12,16)(H,14,15). The van der Waals surface area contributed by atoms with Gasteiger partial charge in [-0.15, -0.1) is 0 Å². The highest BCUT2D eigenvalue weighted by Gasteiger charge is 2.26. The number of carboxylic acids is 1. The van der Waals surface area contributed by atoms with Crippen molar-refractivity contribution in [3.8, 4) is 6.07 Å². The van der Waals surface area contributed by atoms with Gasteiger partial charge in [0.15, 0.2) is 6.10 Å². The zero-order chi connectivity index (χ0) is 12.8. The lowest BCUT2D eigenvalue weighted by molar-refractivity contribution is -0.139. The fraction of sp³-hybridized carbons (Fsp3) is 0.700. The van der Waals surface area contributed by atoms with Crippen molar-refractivity contribution in [2.75, 3.05) is 19.7 Å². The number of amides is 2. The van der Waals surface area contributed by atoms with Crippen molar-refractivity contribution in [2.45, 2.75) is 25.5 Å². The van der Waals surface area contributed by atoms with Gasteiger partial charge in [0.2, 0.25) is 0 Å². The van der Waals surface area contributed by atoms with Gasteiger partial charge in [-0.3, -0.25) is 0 Å². The monoisotopic (exact) mass is 241 g/mol. The van der Waals surface area contributed by atoms with Crippen LogP contribution in [0.25, 0.3) is 0 Å². The Bertz CT molecular complexity index is 339. The lowest BCUT2D eigenvalue weighted by Crippen LogP contribution is -2.53. The number of rotatable bonds is 3. The third-order valence-corrected chi connectivity index (χ3v) is 2.50. The molecular formula is C10H15N3O4. The van der Waals surface area contributed by atoms with Crippen LogP contribution < -0.4 is 5.32 Å². The highest BCUT2D eigenvalue weighted by molar-refractivity contribution is 5.82. The third-order valence-electron chi connectivity index (χ3n) is 2.50. The van der Waals surface area contributed by atoms with Gasteiger partial charge in [0.25, 0.3) is 0 Å². The van der Waals surface area contributed by atoms with Crippen molar-refractivity contribution in [3.63, 3.8) is 0 Å². The van der Waals surface area contributed by atoms with Crippen LogP contribution in [-0.2, 0) is 9.53 Å². The molecule has 2 amide bonds. The van der Waals surface area contributed by atoms with Crippen LogP contribution in [0, 0.1) is 11.3 Å². The fourth-order valence-electron chi connectivity index (χ4n) is 1.49. The minimum Gasteiger partial charge on any atom is -0.480 e. The molecule has 0 spiro atoms. The predicted octanol–water partition coefficient (Wildman–Crippen LogP) is -0.216. The van der Waals surface area contributed by atoms with Gasteiger partial charge >= 0.3 is 12.0 Å². The maximum absolute atomic E-state index is 11.7. The molecule has 1 rings (SSSR count). The van der Waals surface area contributed by atoms with Crippen LogP contribution in [0.2, 0.25) is 0 Å². The molecule has 1 aliphatic rings. The second-order valence-electron chi connectivity index (χ2n) is 3.68. The number of carbonyl (C=O) groups excluding carboxylic acids is 1. The molecule has 7 heteroatoms. The van der Waals surface area contributed by atoms with Crippen LogP contribution in [0.3, 0.4) is 0 Å². The maximum atomic E-state index is 11.7. The van der Waals surface area contributed by atoms with Crippen LogP contribution in [0.4, 0.5) is 4.79 Å². The molecule has 17 heavy (non-hydrogen) atoms. The number of aliphatic carboxylic acids is 1. The third kappa shape index (κ3) is 3.60. The van der Waals surface area contributed by atoms with Gasteiger partial charge in [-0.1, -0.05) is 6.92 Å². The average Bonchev–Trinajstić information content (AvgIpc) is 2.35. The Kier molecular flexibility index (Phi) is 4.72. The minimum atomic E-state index is -1.06. The Balaban J connectivity index is 2.52. The molecule has 0 aromatic carbocycles. The topological polar surface area (TPSA) is 103 Å². The van der Waals surface area contributed by atoms with E-state index >= 15 is 0 Å². The van der Waals surface area contributed by atoms with Gasteiger partial charge in [-0.25, -0.2) is 9.59 Å². The number of nitriles is 1. The summed E-state index contributed by atoms with van der Waals surface area (Å²) in [7, 11) is 0. The number of nitrogens with one attached hydrogen (secondary N) is 1. The Morgan fingerprint density at radius 2 is 2.41 bits per heavy atom. The summed E-state index contributed by atoms with van der Waals surface area (Å²) in [6.07, 6.45) is -0.327. The lowest BCUT2D eigenvalue weighted by atomic mass is 10.2. The molecule has 1 saturated heterocycles. The molecule has 1 heterocycles. The maximum Gasteiger partial charge on any atom is 0.326 e. The largest absolute Gasteiger partial charge is 0.480 e. The van der Waals surface area contributed by atoms with Crippen molar-refractivity contribution in [1.29, 1.82) is 5.26 Å². The van der Waals surface area contributed by atoms with E-state index in [1.807, 2.05) is 6.07 Å². The molecule has 0 aromatic heterocycles. The van der Waals surface area contributed by atoms with Gasteiger partial charge in [0.1, 0.15) is 6.04 Å². The molecule has 2 N–H and O–H groups in total. The van der Waals surface area contributed by atoms with Crippen LogP contribution >= 0.6 is 0 Å². The molecule has 2 unspecified atom stereocenters. The zero-order valence-corrected chi connectivity index (χ0v) is 9.55. The van der Waals surface area contributed by atoms with Gasteiger partial charge in [-0.05, 0) is 6.42 Å². The van der Waals surface area contributed by atoms with Crippen molar-refractivity contribution >= 4 is 12.0 Å². The van der Waals surface area contributed by atoms with E-state index in [4.69, 9.17) is 15.1 Å². The summed E-state index contributed by atoms with van der Waals surface area (Å²) in [5, 5.41) is 19.9. The van der Waals surface area contributed by atoms with Crippen molar-refractivity contribution in [1.82, 2.24) is 10.2 Å². The minimum absolute atomic E-state index is 0.165. The van der Waals surface area contributed by atoms with E-state index in [1.54, 1.807) is 6.92 Å². The van der Waals surface area contributed by atoms with Crippen molar-refractivity contribution in [2.24, 2.45) is 0 Å². The Morgan fingerprint density at radius 1 is 1.71 bits per heavy atom. The summed E-state index contributed by atoms with van der Waals surface area (Å²) in [5.41, 5.74) is 0. The van der Waals surface area contributed by atoms with Crippen molar-refractivity contribution < 1.29 is 19.4 Å². The molecule has 1 fully saturated rings. The molecular weight excluding hydrogens is 226 g/mol. The number of hydrogen-bond acceptors (Lipinski definition) is 4. The SMILES string of the molecule is CCC(NC(=O)N1CCOC(C#N)C1)C(=O)O. The summed E-state index contributed by atoms with van der Waals surface area (Å²) in [5.74, 6) is -1.06. The lowest BCUT2D eigenvalue weighted by Gasteiger charge is -2.30. The van der Waals surface area contributed by atoms with Gasteiger partial charge < -0.3 is 20.1 Å². The van der Waals surface area contributed by atoms with E-state index in [0.29, 0.717) is 13.0 Å². The van der Waals surface area contributed by atoms with Crippen LogP contribution in [0.5, 0.6) is 0 Å². The smallest absolute Gasteiger partial charge is 0.326 e. The molecule has 7 nitrogen and oxygen atoms in total. The summed E-state index contributed by atoms with van der Waals surface area (Å²) in [6.45, 7) is 2.49. The average molecular weight is 241 g/mol. The highest BCUT2D eigenvalue weighted by atomic mass is 16.5. The summed E-state index contributed by atoms with van der Waals surface area (Å²) in [6, 6.07) is 0.552. The van der Waals surface area contributed by atoms with E-state index in [2.05, 4.69) is 5.32 Å². The predicted molar refractivity (Wildman–Crippen MR) is 57.2 cm³/mol. The molecule has 0 radical (unpaired) electrons. The second-order valence-corrected chi connectivity index (χ2v) is 3.68. The van der Waals surface area contributed by atoms with E-state index in [0.717, 1.165) is 0 Å². The number of ether oxygens (including phenoxy) is 1. The molecule has 1 aliphatic heterocycles. The van der Waals surface area contributed by atoms with Crippen LogP contribution in [-0.4, -0.2) is 53.8 Å². The van der Waals surface area contributed by atoms with E-state index in [9.17, 15) is 9.59 Å². The Morgan fingerprint density at radius 3 is 2.94 bits per heavy atom. The Labute approximate surface area is 99.0 Å². The number of urea groups is 1. The van der Waals surface area contributed by atoms with E-state index in [1.165, 1.54) is 4.90 Å². The molecule has 0 bridgehead atoms. The number of nitrogens with zero attached hydrogens (tertiary/aromatic N) is 2. The van der Waals surface area contributed by atoms with E-state index < -0.39 is 24.1 Å². The Hall–Kier alpha value is -1.81. The van der Waals surface area contributed by atoms with Gasteiger partial charge in [-0.2, -0.15) is 5.26 Å². The van der Waals surface area contributed by atoms with Gasteiger partial charge in [0.05, 0.1) is 19.2 Å². The highest BCUT2D eigenvalue weighted by Crippen LogP contribution is 2.05. The quantitative estimate of drug-likeness (QED) is 0.711. The number of morpholine rings is 1. The first-order chi connectivity index (χ1) is 8.08. The number of carboxylic acid groups (broad SMARTS) is 1. The molecule has 94 valence electrons. The van der Waals surface area contributed by atoms with Crippen molar-refractivity contribution in [3.05, 3.63) is 0 Å². The first-order valence-corrected chi connectivity index (χ1v) is 5.38. The number of carbonyl (C=O) groups is 2. The molecule has 0 aromatic rings.